The van der Waals surface area contributed by atoms with E-state index in [1.54, 1.807) is 18.2 Å². The Hall–Kier alpha value is -2.64. The van der Waals surface area contributed by atoms with Crippen LogP contribution in [0.1, 0.15) is 43.2 Å². The Bertz CT molecular complexity index is 991. The normalized spacial score (nSPS) is 15.3. The van der Waals surface area contributed by atoms with Crippen molar-refractivity contribution >= 4 is 22.0 Å². The predicted molar refractivity (Wildman–Crippen MR) is 122 cm³/mol. The third kappa shape index (κ3) is 6.67. The van der Waals surface area contributed by atoms with Crippen molar-refractivity contribution < 1.29 is 17.9 Å². The van der Waals surface area contributed by atoms with Gasteiger partial charge in [0.05, 0.1) is 11.0 Å². The molecule has 0 aromatic heterocycles. The minimum absolute atomic E-state index is 0.215. The lowest BCUT2D eigenvalue weighted by atomic mass is 9.98. The Balaban J connectivity index is 1.48. The standard InChI is InChI=1S/C24H30N2O4S/c1-26(2)31(28,29)23-15-10-19(11-16-23)12-17-24(27)25-18-20-8-13-22(14-9-20)30-21-6-4-3-5-7-21/h8-17,21H,3-7,18H2,1-2H3,(H,25,27)/b17-12+. The molecule has 2 aromatic carbocycles. The second-order valence-corrected chi connectivity index (χ2v) is 10.1. The minimum Gasteiger partial charge on any atom is -0.490 e. The smallest absolute Gasteiger partial charge is 0.244 e. The van der Waals surface area contributed by atoms with Crippen LogP contribution in [0, 0.1) is 0 Å². The Kier molecular flexibility index (Phi) is 7.87. The summed E-state index contributed by atoms with van der Waals surface area (Å²) in [5.41, 5.74) is 1.74. The van der Waals surface area contributed by atoms with E-state index in [9.17, 15) is 13.2 Å². The molecule has 0 saturated heterocycles. The second-order valence-electron chi connectivity index (χ2n) is 7.93. The lowest BCUT2D eigenvalue weighted by Gasteiger charge is -2.23. The van der Waals surface area contributed by atoms with E-state index in [2.05, 4.69) is 5.32 Å². The van der Waals surface area contributed by atoms with Crippen molar-refractivity contribution in [2.75, 3.05) is 14.1 Å². The Morgan fingerprint density at radius 1 is 1.03 bits per heavy atom. The SMILES string of the molecule is CN(C)S(=O)(=O)c1ccc(/C=C/C(=O)NCc2ccc(OC3CCCCC3)cc2)cc1. The highest BCUT2D eigenvalue weighted by molar-refractivity contribution is 7.89. The highest BCUT2D eigenvalue weighted by Crippen LogP contribution is 2.23. The molecule has 3 rings (SSSR count). The maximum Gasteiger partial charge on any atom is 0.244 e. The van der Waals surface area contributed by atoms with Gasteiger partial charge in [0.1, 0.15) is 5.75 Å². The molecule has 0 atom stereocenters. The summed E-state index contributed by atoms with van der Waals surface area (Å²) >= 11 is 0. The molecule has 7 heteroatoms. The Labute approximate surface area is 185 Å². The molecule has 0 spiro atoms. The van der Waals surface area contributed by atoms with Gasteiger partial charge in [0, 0.05) is 26.7 Å². The van der Waals surface area contributed by atoms with Crippen LogP contribution in [0.3, 0.4) is 0 Å². The van der Waals surface area contributed by atoms with Gasteiger partial charge in [-0.1, -0.05) is 30.7 Å². The van der Waals surface area contributed by atoms with Crippen molar-refractivity contribution in [3.63, 3.8) is 0 Å². The number of hydrogen-bond donors (Lipinski definition) is 1. The van der Waals surface area contributed by atoms with Crippen LogP contribution in [0.2, 0.25) is 0 Å². The van der Waals surface area contributed by atoms with E-state index in [1.807, 2.05) is 24.3 Å². The average molecular weight is 443 g/mol. The minimum atomic E-state index is -3.45. The van der Waals surface area contributed by atoms with Gasteiger partial charge in [-0.25, -0.2) is 12.7 Å². The molecular formula is C24H30N2O4S. The lowest BCUT2D eigenvalue weighted by molar-refractivity contribution is -0.116. The first-order valence-corrected chi connectivity index (χ1v) is 12.0. The van der Waals surface area contributed by atoms with E-state index < -0.39 is 10.0 Å². The molecule has 1 aliphatic carbocycles. The van der Waals surface area contributed by atoms with Gasteiger partial charge >= 0.3 is 0 Å². The Morgan fingerprint density at radius 2 is 1.68 bits per heavy atom. The fourth-order valence-electron chi connectivity index (χ4n) is 3.44. The number of carbonyl (C=O) groups is 1. The van der Waals surface area contributed by atoms with Gasteiger partial charge in [-0.3, -0.25) is 4.79 Å². The van der Waals surface area contributed by atoms with Crippen LogP contribution in [-0.4, -0.2) is 38.8 Å². The van der Waals surface area contributed by atoms with Crippen LogP contribution in [0.4, 0.5) is 0 Å². The molecule has 166 valence electrons. The molecule has 1 saturated carbocycles. The van der Waals surface area contributed by atoms with E-state index in [0.717, 1.165) is 29.7 Å². The molecular weight excluding hydrogens is 412 g/mol. The van der Waals surface area contributed by atoms with E-state index in [0.29, 0.717) is 12.6 Å². The summed E-state index contributed by atoms with van der Waals surface area (Å²) in [4.78, 5) is 12.3. The van der Waals surface area contributed by atoms with Gasteiger partial charge in [-0.15, -0.1) is 0 Å². The van der Waals surface area contributed by atoms with Crippen molar-refractivity contribution in [3.8, 4) is 5.75 Å². The molecule has 1 fully saturated rings. The zero-order valence-corrected chi connectivity index (χ0v) is 18.9. The number of sulfonamides is 1. The van der Waals surface area contributed by atoms with Crippen LogP contribution in [-0.2, 0) is 21.4 Å². The van der Waals surface area contributed by atoms with Crippen LogP contribution in [0.15, 0.2) is 59.5 Å². The molecule has 0 heterocycles. The third-order valence-corrected chi connectivity index (χ3v) is 7.16. The first-order valence-electron chi connectivity index (χ1n) is 10.6. The molecule has 0 aliphatic heterocycles. The highest BCUT2D eigenvalue weighted by atomic mass is 32.2. The fraction of sp³-hybridized carbons (Fsp3) is 0.375. The van der Waals surface area contributed by atoms with Crippen molar-refractivity contribution in [2.24, 2.45) is 0 Å². The zero-order valence-electron chi connectivity index (χ0n) is 18.1. The number of ether oxygens (including phenoxy) is 1. The van der Waals surface area contributed by atoms with Gasteiger partial charge in [-0.2, -0.15) is 0 Å². The van der Waals surface area contributed by atoms with Crippen LogP contribution < -0.4 is 10.1 Å². The number of carbonyl (C=O) groups excluding carboxylic acids is 1. The van der Waals surface area contributed by atoms with Gasteiger partial charge in [0.2, 0.25) is 15.9 Å². The summed E-state index contributed by atoms with van der Waals surface area (Å²) in [5.74, 6) is 0.661. The molecule has 1 amide bonds. The van der Waals surface area contributed by atoms with Gasteiger partial charge in [0.15, 0.2) is 0 Å². The predicted octanol–water partition coefficient (Wildman–Crippen LogP) is 3.98. The molecule has 6 nitrogen and oxygen atoms in total. The molecule has 0 unspecified atom stereocenters. The number of rotatable bonds is 8. The van der Waals surface area contributed by atoms with Crippen LogP contribution >= 0.6 is 0 Å². The molecule has 1 N–H and O–H groups in total. The molecule has 0 radical (unpaired) electrons. The van der Waals surface area contributed by atoms with Gasteiger partial charge in [0.25, 0.3) is 0 Å². The summed E-state index contributed by atoms with van der Waals surface area (Å²) in [7, 11) is -0.473. The largest absolute Gasteiger partial charge is 0.490 e. The van der Waals surface area contributed by atoms with E-state index in [4.69, 9.17) is 4.74 Å². The summed E-state index contributed by atoms with van der Waals surface area (Å²) in [6.07, 6.45) is 9.44. The molecule has 0 bridgehead atoms. The van der Waals surface area contributed by atoms with E-state index in [1.165, 1.54) is 55.9 Å². The summed E-state index contributed by atoms with van der Waals surface area (Å²) in [6, 6.07) is 14.2. The summed E-state index contributed by atoms with van der Waals surface area (Å²) in [5, 5.41) is 2.85. The summed E-state index contributed by atoms with van der Waals surface area (Å²) in [6.45, 7) is 0.424. The van der Waals surface area contributed by atoms with Gasteiger partial charge in [-0.05, 0) is 67.2 Å². The maximum atomic E-state index is 12.1. The van der Waals surface area contributed by atoms with Crippen molar-refractivity contribution in [1.82, 2.24) is 9.62 Å². The molecule has 31 heavy (non-hydrogen) atoms. The number of benzene rings is 2. The van der Waals surface area contributed by atoms with Crippen molar-refractivity contribution in [3.05, 3.63) is 65.7 Å². The van der Waals surface area contributed by atoms with Crippen LogP contribution in [0.5, 0.6) is 5.75 Å². The van der Waals surface area contributed by atoms with Crippen molar-refractivity contribution in [1.29, 1.82) is 0 Å². The Morgan fingerprint density at radius 3 is 2.29 bits per heavy atom. The van der Waals surface area contributed by atoms with Crippen LogP contribution in [0.25, 0.3) is 6.08 Å². The van der Waals surface area contributed by atoms with Crippen molar-refractivity contribution in [2.45, 2.75) is 49.6 Å². The quantitative estimate of drug-likeness (QED) is 0.628. The number of nitrogens with zero attached hydrogens (tertiary/aromatic N) is 1. The second kappa shape index (κ2) is 10.6. The van der Waals surface area contributed by atoms with E-state index in [-0.39, 0.29) is 10.8 Å². The number of amides is 1. The topological polar surface area (TPSA) is 75.7 Å². The van der Waals surface area contributed by atoms with E-state index >= 15 is 0 Å². The first kappa shape index (κ1) is 23.0. The third-order valence-electron chi connectivity index (χ3n) is 5.33. The van der Waals surface area contributed by atoms with Gasteiger partial charge < -0.3 is 10.1 Å². The highest BCUT2D eigenvalue weighted by Gasteiger charge is 2.16. The monoisotopic (exact) mass is 442 g/mol. The zero-order chi connectivity index (χ0) is 22.3. The lowest BCUT2D eigenvalue weighted by Crippen LogP contribution is -2.22. The number of hydrogen-bond acceptors (Lipinski definition) is 4. The molecule has 2 aromatic rings. The average Bonchev–Trinajstić information content (AvgIpc) is 2.78. The first-order chi connectivity index (χ1) is 14.8. The summed E-state index contributed by atoms with van der Waals surface area (Å²) < 4.78 is 31.4. The fourth-order valence-corrected chi connectivity index (χ4v) is 4.34. The maximum absolute atomic E-state index is 12.1. The number of nitrogens with one attached hydrogen (secondary N) is 1. The molecule has 1 aliphatic rings.